The fourth-order valence-corrected chi connectivity index (χ4v) is 3.30. The summed E-state index contributed by atoms with van der Waals surface area (Å²) < 4.78 is 0. The quantitative estimate of drug-likeness (QED) is 0.742. The molecule has 3 heteroatoms. The Hall–Kier alpha value is -0.120. The van der Waals surface area contributed by atoms with Gasteiger partial charge in [0.05, 0.1) is 0 Å². The van der Waals surface area contributed by atoms with Gasteiger partial charge in [-0.1, -0.05) is 27.7 Å². The van der Waals surface area contributed by atoms with Crippen LogP contribution < -0.4 is 5.32 Å². The smallest absolute Gasteiger partial charge is 0.0235 e. The summed E-state index contributed by atoms with van der Waals surface area (Å²) >= 11 is 0. The second kappa shape index (κ2) is 7.94. The van der Waals surface area contributed by atoms with E-state index < -0.39 is 0 Å². The molecular weight excluding hydrogens is 258 g/mol. The van der Waals surface area contributed by atoms with E-state index in [0.29, 0.717) is 5.41 Å². The highest BCUT2D eigenvalue weighted by Gasteiger charge is 2.32. The molecule has 2 atom stereocenters. The van der Waals surface area contributed by atoms with Crippen LogP contribution in [-0.2, 0) is 0 Å². The van der Waals surface area contributed by atoms with E-state index in [1.54, 1.807) is 0 Å². The molecule has 0 aromatic heterocycles. The lowest BCUT2D eigenvalue weighted by atomic mass is 9.86. The van der Waals surface area contributed by atoms with Crippen molar-refractivity contribution in [2.45, 2.75) is 72.9 Å². The van der Waals surface area contributed by atoms with Crippen LogP contribution in [0, 0.1) is 5.41 Å². The number of hydrogen-bond donors (Lipinski definition) is 1. The van der Waals surface area contributed by atoms with Crippen LogP contribution in [0.1, 0.15) is 61.3 Å². The van der Waals surface area contributed by atoms with Gasteiger partial charge in [-0.05, 0) is 58.7 Å². The summed E-state index contributed by atoms with van der Waals surface area (Å²) in [6.07, 6.45) is 2.58. The van der Waals surface area contributed by atoms with Crippen LogP contribution in [0.4, 0.5) is 0 Å². The third-order valence-electron chi connectivity index (χ3n) is 5.08. The Balaban J connectivity index is 2.50. The van der Waals surface area contributed by atoms with Gasteiger partial charge in [-0.2, -0.15) is 0 Å². The average molecular weight is 298 g/mol. The molecule has 1 saturated heterocycles. The Morgan fingerprint density at radius 1 is 1.10 bits per heavy atom. The molecule has 2 unspecified atom stereocenters. The van der Waals surface area contributed by atoms with Crippen LogP contribution in [-0.4, -0.2) is 60.6 Å². The normalized spacial score (nSPS) is 23.7. The van der Waals surface area contributed by atoms with Crippen LogP contribution in [0.15, 0.2) is 0 Å². The summed E-state index contributed by atoms with van der Waals surface area (Å²) in [4.78, 5) is 5.31. The maximum atomic E-state index is 3.71. The lowest BCUT2D eigenvalue weighted by molar-refractivity contribution is 0.152. The molecule has 0 aromatic rings. The van der Waals surface area contributed by atoms with Crippen LogP contribution >= 0.6 is 0 Å². The Morgan fingerprint density at radius 2 is 1.71 bits per heavy atom. The standard InChI is InChI=1S/C18H39N3/c1-8-18(7,14-19-17(4,5)6)15-20-12-11-16(13-20)21(9-2)10-3/h16,19H,8-15H2,1-7H3. The molecule has 1 heterocycles. The van der Waals surface area contributed by atoms with Gasteiger partial charge in [0.15, 0.2) is 0 Å². The topological polar surface area (TPSA) is 18.5 Å². The van der Waals surface area contributed by atoms with Crippen LogP contribution in [0.2, 0.25) is 0 Å². The van der Waals surface area contributed by atoms with E-state index in [4.69, 9.17) is 0 Å². The van der Waals surface area contributed by atoms with E-state index in [2.05, 4.69) is 63.6 Å². The van der Waals surface area contributed by atoms with Crippen molar-refractivity contribution in [3.8, 4) is 0 Å². The molecule has 0 amide bonds. The first-order chi connectivity index (χ1) is 9.73. The van der Waals surface area contributed by atoms with Crippen molar-refractivity contribution in [2.75, 3.05) is 39.3 Å². The van der Waals surface area contributed by atoms with Crippen molar-refractivity contribution in [2.24, 2.45) is 5.41 Å². The second-order valence-corrected chi connectivity index (χ2v) is 8.17. The lowest BCUT2D eigenvalue weighted by Crippen LogP contribution is -2.47. The predicted molar refractivity (Wildman–Crippen MR) is 93.9 cm³/mol. The second-order valence-electron chi connectivity index (χ2n) is 8.17. The van der Waals surface area contributed by atoms with Crippen LogP contribution in [0.5, 0.6) is 0 Å². The zero-order chi connectivity index (χ0) is 16.1. The van der Waals surface area contributed by atoms with E-state index >= 15 is 0 Å². The Morgan fingerprint density at radius 3 is 2.19 bits per heavy atom. The molecule has 0 radical (unpaired) electrons. The Kier molecular flexibility index (Phi) is 7.15. The van der Waals surface area contributed by atoms with Gasteiger partial charge in [-0.3, -0.25) is 4.90 Å². The average Bonchev–Trinajstić information content (AvgIpc) is 2.85. The monoisotopic (exact) mass is 297 g/mol. The minimum Gasteiger partial charge on any atom is -0.311 e. The molecule has 0 aliphatic carbocycles. The maximum absolute atomic E-state index is 3.71. The number of nitrogens with zero attached hydrogens (tertiary/aromatic N) is 2. The molecular formula is C18H39N3. The van der Waals surface area contributed by atoms with Gasteiger partial charge in [0, 0.05) is 31.2 Å². The first-order valence-electron chi connectivity index (χ1n) is 8.94. The molecule has 3 nitrogen and oxygen atoms in total. The van der Waals surface area contributed by atoms with Gasteiger partial charge in [-0.15, -0.1) is 0 Å². The van der Waals surface area contributed by atoms with Crippen LogP contribution in [0.3, 0.4) is 0 Å². The molecule has 0 saturated carbocycles. The molecule has 0 aromatic carbocycles. The first kappa shape index (κ1) is 18.9. The lowest BCUT2D eigenvalue weighted by Gasteiger charge is -2.36. The van der Waals surface area contributed by atoms with Crippen molar-refractivity contribution < 1.29 is 0 Å². The van der Waals surface area contributed by atoms with E-state index in [1.807, 2.05) is 0 Å². The minimum atomic E-state index is 0.213. The fraction of sp³-hybridized carbons (Fsp3) is 1.00. The van der Waals surface area contributed by atoms with E-state index in [1.165, 1.54) is 45.6 Å². The fourth-order valence-electron chi connectivity index (χ4n) is 3.30. The summed E-state index contributed by atoms with van der Waals surface area (Å²) in [5.74, 6) is 0. The number of rotatable bonds is 8. The maximum Gasteiger partial charge on any atom is 0.0235 e. The van der Waals surface area contributed by atoms with Crippen molar-refractivity contribution in [3.05, 3.63) is 0 Å². The van der Waals surface area contributed by atoms with Gasteiger partial charge in [0.2, 0.25) is 0 Å². The number of nitrogens with one attached hydrogen (secondary N) is 1. The molecule has 21 heavy (non-hydrogen) atoms. The molecule has 126 valence electrons. The predicted octanol–water partition coefficient (Wildman–Crippen LogP) is 3.21. The first-order valence-corrected chi connectivity index (χ1v) is 8.94. The zero-order valence-corrected chi connectivity index (χ0v) is 15.6. The molecule has 1 aliphatic heterocycles. The molecule has 1 aliphatic rings. The number of hydrogen-bond acceptors (Lipinski definition) is 3. The summed E-state index contributed by atoms with van der Waals surface area (Å²) in [7, 11) is 0. The summed E-state index contributed by atoms with van der Waals surface area (Å²) in [5.41, 5.74) is 0.594. The Bertz CT molecular complexity index is 293. The summed E-state index contributed by atoms with van der Waals surface area (Å²) in [6.45, 7) is 23.4. The number of likely N-dealkylation sites (tertiary alicyclic amines) is 1. The van der Waals surface area contributed by atoms with Crippen molar-refractivity contribution in [1.82, 2.24) is 15.1 Å². The summed E-state index contributed by atoms with van der Waals surface area (Å²) in [6, 6.07) is 0.775. The van der Waals surface area contributed by atoms with Crippen molar-refractivity contribution in [1.29, 1.82) is 0 Å². The molecule has 0 spiro atoms. The van der Waals surface area contributed by atoms with Gasteiger partial charge in [-0.25, -0.2) is 0 Å². The highest BCUT2D eigenvalue weighted by molar-refractivity contribution is 4.88. The van der Waals surface area contributed by atoms with E-state index in [9.17, 15) is 0 Å². The highest BCUT2D eigenvalue weighted by atomic mass is 15.3. The van der Waals surface area contributed by atoms with Gasteiger partial charge < -0.3 is 10.2 Å². The minimum absolute atomic E-state index is 0.213. The third kappa shape index (κ3) is 6.25. The van der Waals surface area contributed by atoms with Gasteiger partial charge >= 0.3 is 0 Å². The van der Waals surface area contributed by atoms with Crippen molar-refractivity contribution in [3.63, 3.8) is 0 Å². The summed E-state index contributed by atoms with van der Waals surface area (Å²) in [5, 5.41) is 3.71. The Labute approximate surface area is 133 Å². The number of likely N-dealkylation sites (N-methyl/N-ethyl adjacent to an activating group) is 1. The van der Waals surface area contributed by atoms with Gasteiger partial charge in [0.25, 0.3) is 0 Å². The van der Waals surface area contributed by atoms with Gasteiger partial charge in [0.1, 0.15) is 0 Å². The van der Waals surface area contributed by atoms with E-state index in [0.717, 1.165) is 12.6 Å². The molecule has 1 rings (SSSR count). The zero-order valence-electron chi connectivity index (χ0n) is 15.6. The SMILES string of the molecule is CCN(CC)C1CCN(CC(C)(CC)CNC(C)(C)C)C1. The third-order valence-corrected chi connectivity index (χ3v) is 5.08. The molecule has 0 bridgehead atoms. The largest absolute Gasteiger partial charge is 0.311 e. The highest BCUT2D eigenvalue weighted by Crippen LogP contribution is 2.26. The molecule has 1 fully saturated rings. The van der Waals surface area contributed by atoms with Crippen LogP contribution in [0.25, 0.3) is 0 Å². The van der Waals surface area contributed by atoms with E-state index in [-0.39, 0.29) is 5.54 Å². The van der Waals surface area contributed by atoms with Crippen molar-refractivity contribution >= 4 is 0 Å². The molecule has 1 N–H and O–H groups in total.